The molecule has 0 bridgehead atoms. The SMILES string of the molecule is CCOC(=O)[C@H]1CN(C(=O)/C(C=N)=C(/O)c2ccc(C)cc2)C[C@@H]1c1cc2ccccc2o1. The summed E-state index contributed by atoms with van der Waals surface area (Å²) in [6, 6.07) is 16.5. The zero-order valence-electron chi connectivity index (χ0n) is 18.6. The van der Waals surface area contributed by atoms with E-state index in [1.54, 1.807) is 19.1 Å². The molecule has 3 aromatic rings. The van der Waals surface area contributed by atoms with Crippen LogP contribution in [0.1, 0.15) is 29.7 Å². The second-order valence-electron chi connectivity index (χ2n) is 8.13. The minimum Gasteiger partial charge on any atom is -0.506 e. The van der Waals surface area contributed by atoms with E-state index < -0.39 is 23.7 Å². The molecular weight excluding hydrogens is 420 g/mol. The largest absolute Gasteiger partial charge is 0.506 e. The average Bonchev–Trinajstić information content (AvgIpc) is 3.44. The molecule has 33 heavy (non-hydrogen) atoms. The van der Waals surface area contributed by atoms with Crippen molar-refractivity contribution < 1.29 is 23.8 Å². The van der Waals surface area contributed by atoms with Crippen LogP contribution in [0.15, 0.2) is 64.6 Å². The number of furan rings is 1. The van der Waals surface area contributed by atoms with E-state index in [1.807, 2.05) is 49.4 Å². The van der Waals surface area contributed by atoms with Gasteiger partial charge >= 0.3 is 5.97 Å². The number of carbonyl (C=O) groups excluding carboxylic acids is 2. The molecule has 2 aromatic carbocycles. The second-order valence-corrected chi connectivity index (χ2v) is 8.13. The summed E-state index contributed by atoms with van der Waals surface area (Å²) in [5.74, 6) is -1.59. The number of aliphatic hydroxyl groups is 1. The maximum atomic E-state index is 13.3. The second kappa shape index (κ2) is 9.32. The van der Waals surface area contributed by atoms with Gasteiger partial charge in [0, 0.05) is 36.2 Å². The number of nitrogens with zero attached hydrogens (tertiary/aromatic N) is 1. The van der Waals surface area contributed by atoms with Crippen LogP contribution in [0.25, 0.3) is 16.7 Å². The van der Waals surface area contributed by atoms with Gasteiger partial charge in [-0.05, 0) is 26.0 Å². The van der Waals surface area contributed by atoms with Crippen molar-refractivity contribution in [2.75, 3.05) is 19.7 Å². The summed E-state index contributed by atoms with van der Waals surface area (Å²) in [6.07, 6.45) is 0.853. The number of benzene rings is 2. The monoisotopic (exact) mass is 446 g/mol. The molecule has 1 aromatic heterocycles. The first-order valence-electron chi connectivity index (χ1n) is 10.9. The smallest absolute Gasteiger partial charge is 0.311 e. The third-order valence-corrected chi connectivity index (χ3v) is 5.96. The van der Waals surface area contributed by atoms with Crippen LogP contribution < -0.4 is 0 Å². The normalized spacial score (nSPS) is 18.8. The van der Waals surface area contributed by atoms with Crippen LogP contribution in [0.4, 0.5) is 0 Å². The molecular formula is C26H26N2O5. The van der Waals surface area contributed by atoms with Gasteiger partial charge in [0.1, 0.15) is 17.1 Å². The van der Waals surface area contributed by atoms with Gasteiger partial charge in [-0.15, -0.1) is 0 Å². The fourth-order valence-electron chi connectivity index (χ4n) is 4.20. The first-order chi connectivity index (χ1) is 15.9. The number of rotatable bonds is 6. The predicted molar refractivity (Wildman–Crippen MR) is 125 cm³/mol. The van der Waals surface area contributed by atoms with Crippen LogP contribution in [0.2, 0.25) is 0 Å². The Morgan fingerprint density at radius 1 is 1.18 bits per heavy atom. The number of para-hydroxylation sites is 1. The standard InChI is InChI=1S/C26H26N2O5/c1-3-32-26(31)21-15-28(14-20(21)23-12-18-6-4-5-7-22(18)33-23)25(30)19(13-27)24(29)17-10-8-16(2)9-11-17/h4-13,20-21,27,29H,3,14-15H2,1-2H3/b24-19+,27-13?/t20-,21-/m0/s1. The van der Waals surface area contributed by atoms with Crippen LogP contribution in [-0.2, 0) is 14.3 Å². The number of aryl methyl sites for hydroxylation is 1. The summed E-state index contributed by atoms with van der Waals surface area (Å²) in [7, 11) is 0. The highest BCUT2D eigenvalue weighted by Gasteiger charge is 2.43. The number of ether oxygens (including phenoxy) is 1. The lowest BCUT2D eigenvalue weighted by Crippen LogP contribution is -2.32. The summed E-state index contributed by atoms with van der Waals surface area (Å²) >= 11 is 0. The van der Waals surface area contributed by atoms with E-state index in [2.05, 4.69) is 0 Å². The fraction of sp³-hybridized carbons (Fsp3) is 0.269. The van der Waals surface area contributed by atoms with Crippen molar-refractivity contribution in [3.8, 4) is 0 Å². The van der Waals surface area contributed by atoms with Crippen molar-refractivity contribution in [2.24, 2.45) is 5.92 Å². The maximum absolute atomic E-state index is 13.3. The molecule has 2 heterocycles. The molecule has 2 atom stereocenters. The summed E-state index contributed by atoms with van der Waals surface area (Å²) in [6.45, 7) is 4.21. The third-order valence-electron chi connectivity index (χ3n) is 5.96. The zero-order chi connectivity index (χ0) is 23.5. The Morgan fingerprint density at radius 2 is 1.91 bits per heavy atom. The van der Waals surface area contributed by atoms with Crippen LogP contribution in [-0.4, -0.2) is 47.8 Å². The Morgan fingerprint density at radius 3 is 2.58 bits per heavy atom. The van der Waals surface area contributed by atoms with Crippen molar-refractivity contribution >= 4 is 34.8 Å². The van der Waals surface area contributed by atoms with Crippen molar-refractivity contribution in [3.05, 3.63) is 77.1 Å². The molecule has 0 spiro atoms. The van der Waals surface area contributed by atoms with Crippen molar-refractivity contribution in [2.45, 2.75) is 19.8 Å². The van der Waals surface area contributed by atoms with Gasteiger partial charge in [0.25, 0.3) is 5.91 Å². The number of hydrogen-bond acceptors (Lipinski definition) is 6. The topological polar surface area (TPSA) is 104 Å². The highest BCUT2D eigenvalue weighted by Crippen LogP contribution is 2.37. The number of nitrogens with one attached hydrogen (secondary N) is 1. The molecule has 1 aliphatic heterocycles. The lowest BCUT2D eigenvalue weighted by Gasteiger charge is -2.17. The highest BCUT2D eigenvalue weighted by atomic mass is 16.5. The van der Waals surface area contributed by atoms with Crippen molar-refractivity contribution in [3.63, 3.8) is 0 Å². The Bertz CT molecular complexity index is 1190. The van der Waals surface area contributed by atoms with E-state index in [4.69, 9.17) is 14.6 Å². The van der Waals surface area contributed by atoms with Gasteiger partial charge in [-0.25, -0.2) is 0 Å². The molecule has 1 aliphatic rings. The molecule has 4 rings (SSSR count). The number of amides is 1. The number of fused-ring (bicyclic) bond motifs is 1. The molecule has 0 radical (unpaired) electrons. The molecule has 7 heteroatoms. The summed E-state index contributed by atoms with van der Waals surface area (Å²) in [5, 5.41) is 19.4. The molecule has 2 N–H and O–H groups in total. The molecule has 1 fully saturated rings. The average molecular weight is 447 g/mol. The summed E-state index contributed by atoms with van der Waals surface area (Å²) < 4.78 is 11.3. The summed E-state index contributed by atoms with van der Waals surface area (Å²) in [4.78, 5) is 27.5. The molecule has 170 valence electrons. The van der Waals surface area contributed by atoms with Crippen LogP contribution in [0.3, 0.4) is 0 Å². The Kier molecular flexibility index (Phi) is 6.31. The first-order valence-corrected chi connectivity index (χ1v) is 10.9. The van der Waals surface area contributed by atoms with Gasteiger partial charge in [0.05, 0.1) is 18.1 Å². The van der Waals surface area contributed by atoms with Gasteiger partial charge in [0.15, 0.2) is 0 Å². The first kappa shape index (κ1) is 22.3. The predicted octanol–water partition coefficient (Wildman–Crippen LogP) is 4.47. The Hall–Kier alpha value is -3.87. The van der Waals surface area contributed by atoms with E-state index in [1.165, 1.54) is 4.90 Å². The highest BCUT2D eigenvalue weighted by molar-refractivity contribution is 6.16. The molecule has 0 saturated carbocycles. The summed E-state index contributed by atoms with van der Waals surface area (Å²) in [5.41, 5.74) is 2.03. The minimum atomic E-state index is -0.608. The minimum absolute atomic E-state index is 0.109. The Balaban J connectivity index is 1.66. The maximum Gasteiger partial charge on any atom is 0.311 e. The van der Waals surface area contributed by atoms with Gasteiger partial charge in [-0.3, -0.25) is 9.59 Å². The number of likely N-dealkylation sites (tertiary alicyclic amines) is 1. The lowest BCUT2D eigenvalue weighted by molar-refractivity contribution is -0.148. The number of hydrogen-bond donors (Lipinski definition) is 2. The molecule has 1 amide bonds. The fourth-order valence-corrected chi connectivity index (χ4v) is 4.20. The molecule has 1 saturated heterocycles. The number of carbonyl (C=O) groups is 2. The van der Waals surface area contributed by atoms with Gasteiger partial charge in [-0.1, -0.05) is 48.0 Å². The zero-order valence-corrected chi connectivity index (χ0v) is 18.6. The van der Waals surface area contributed by atoms with Gasteiger partial charge < -0.3 is 24.6 Å². The van der Waals surface area contributed by atoms with Crippen LogP contribution in [0, 0.1) is 18.3 Å². The van der Waals surface area contributed by atoms with E-state index in [-0.39, 0.29) is 31.0 Å². The third kappa shape index (κ3) is 4.39. The van der Waals surface area contributed by atoms with Crippen molar-refractivity contribution in [1.82, 2.24) is 4.90 Å². The number of aliphatic hydroxyl groups excluding tert-OH is 1. The number of esters is 1. The van der Waals surface area contributed by atoms with Gasteiger partial charge in [0.2, 0.25) is 0 Å². The molecule has 0 unspecified atom stereocenters. The molecule has 0 aliphatic carbocycles. The lowest BCUT2D eigenvalue weighted by atomic mass is 9.93. The van der Waals surface area contributed by atoms with E-state index >= 15 is 0 Å². The molecule has 7 nitrogen and oxygen atoms in total. The Labute approximate surface area is 191 Å². The van der Waals surface area contributed by atoms with E-state index in [0.717, 1.165) is 17.2 Å². The quantitative estimate of drug-likeness (QED) is 0.252. The van der Waals surface area contributed by atoms with Crippen LogP contribution >= 0.6 is 0 Å². The van der Waals surface area contributed by atoms with Crippen LogP contribution in [0.5, 0.6) is 0 Å². The van der Waals surface area contributed by atoms with Gasteiger partial charge in [-0.2, -0.15) is 0 Å². The van der Waals surface area contributed by atoms with Crippen molar-refractivity contribution in [1.29, 1.82) is 5.41 Å². The van der Waals surface area contributed by atoms with E-state index in [0.29, 0.717) is 16.9 Å². The van der Waals surface area contributed by atoms with E-state index in [9.17, 15) is 14.7 Å².